The summed E-state index contributed by atoms with van der Waals surface area (Å²) in [5.41, 5.74) is 0. The van der Waals surface area contributed by atoms with Crippen molar-refractivity contribution in [3.05, 3.63) is 40.3 Å². The van der Waals surface area contributed by atoms with Crippen molar-refractivity contribution in [1.82, 2.24) is 0 Å². The van der Waals surface area contributed by atoms with E-state index in [4.69, 9.17) is 0 Å². The molecule has 1 aliphatic carbocycles. The normalized spacial score (nSPS) is 12.1. The van der Waals surface area contributed by atoms with Crippen molar-refractivity contribution in [3.63, 3.8) is 0 Å². The van der Waals surface area contributed by atoms with E-state index in [2.05, 4.69) is 28.1 Å². The first-order valence-electron chi connectivity index (χ1n) is 6.85. The molecule has 0 heterocycles. The molecule has 0 spiro atoms. The number of nitrogens with zero attached hydrogens (tertiary/aromatic N) is 3. The first kappa shape index (κ1) is 38.7. The van der Waals surface area contributed by atoms with Gasteiger partial charge in [-0.25, -0.2) is 12.2 Å². The Balaban J connectivity index is -0.0000000964. The van der Waals surface area contributed by atoms with Gasteiger partial charge in [-0.2, -0.15) is 48.4 Å². The minimum atomic E-state index is -7.10. The smallest absolute Gasteiger partial charge is 0.273 e. The molecule has 0 aromatic carbocycles. The van der Waals surface area contributed by atoms with Gasteiger partial charge in [0.25, 0.3) is 0 Å². The van der Waals surface area contributed by atoms with Crippen LogP contribution in [0.5, 0.6) is 0 Å². The molecule has 0 fully saturated rings. The number of halogens is 9. The molecule has 1 radical (unpaired) electrons. The largest absolute Gasteiger partial charge is 4.00 e. The fourth-order valence-corrected chi connectivity index (χ4v) is 2.85. The van der Waals surface area contributed by atoms with Gasteiger partial charge < -0.3 is 16.0 Å². The maximum absolute atomic E-state index is 11.3. The Morgan fingerprint density at radius 1 is 0.679 bits per heavy atom. The Morgan fingerprint density at radius 2 is 0.929 bits per heavy atom. The number of rotatable bonds is 0. The second-order valence-electron chi connectivity index (χ2n) is 4.21. The minimum absolute atomic E-state index is 0. The SMILES string of the molecule is C[N-]C.C[N-]C.C[N-]C.F[C](F)(F)[Ge]([C](F)(F)F)[C](F)(F)F.[C-]1=CC=CC1.[Zr+4]. The van der Waals surface area contributed by atoms with Gasteiger partial charge in [0.2, 0.25) is 0 Å². The Morgan fingerprint density at radius 3 is 0.964 bits per heavy atom. The molecule has 14 heteroatoms. The van der Waals surface area contributed by atoms with Crippen LogP contribution in [0, 0.1) is 6.08 Å². The van der Waals surface area contributed by atoms with E-state index < -0.39 is 29.4 Å². The summed E-state index contributed by atoms with van der Waals surface area (Å²) >= 11 is -7.10. The van der Waals surface area contributed by atoms with Crippen molar-refractivity contribution in [1.29, 1.82) is 0 Å². The van der Waals surface area contributed by atoms with Gasteiger partial charge >= 0.3 is 95.1 Å². The summed E-state index contributed by atoms with van der Waals surface area (Å²) in [4.78, 5) is 0. The third kappa shape index (κ3) is 30.9. The van der Waals surface area contributed by atoms with Gasteiger partial charge in [-0.1, -0.05) is 0 Å². The summed E-state index contributed by atoms with van der Waals surface area (Å²) in [7, 11) is 10.5. The molecule has 1 aliphatic rings. The molecule has 28 heavy (non-hydrogen) atoms. The van der Waals surface area contributed by atoms with E-state index in [1.165, 1.54) is 0 Å². The van der Waals surface area contributed by atoms with Crippen LogP contribution in [0.15, 0.2) is 18.2 Å². The fraction of sp³-hybridized carbons (Fsp3) is 0.714. The molecule has 165 valence electrons. The molecule has 0 N–H and O–H groups in total. The van der Waals surface area contributed by atoms with Gasteiger partial charge in [0, 0.05) is 0 Å². The third-order valence-electron chi connectivity index (χ3n) is 1.44. The van der Waals surface area contributed by atoms with Gasteiger partial charge in [0.05, 0.1) is 0 Å². The van der Waals surface area contributed by atoms with Crippen molar-refractivity contribution < 1.29 is 65.7 Å². The molecule has 0 saturated carbocycles. The second-order valence-corrected chi connectivity index (χ2v) is 9.36. The van der Waals surface area contributed by atoms with Crippen LogP contribution < -0.4 is 0 Å². The molecule has 0 atom stereocenters. The van der Waals surface area contributed by atoms with Crippen LogP contribution in [0.1, 0.15) is 6.42 Å². The quantitative estimate of drug-likeness (QED) is 0.197. The zero-order valence-corrected chi connectivity index (χ0v) is 20.7. The number of hydrogen-bond donors (Lipinski definition) is 0. The first-order chi connectivity index (χ1) is 12.1. The van der Waals surface area contributed by atoms with Crippen molar-refractivity contribution >= 4 is 14.3 Å². The second kappa shape index (κ2) is 21.9. The minimum Gasteiger partial charge on any atom is -0.273 e. The van der Waals surface area contributed by atoms with Gasteiger partial charge in [-0.3, -0.25) is 6.08 Å². The monoisotopic (exact) mass is 568 g/mol. The third-order valence-corrected chi connectivity index (χ3v) is 5.00. The van der Waals surface area contributed by atoms with Gasteiger partial charge in [-0.05, 0) is 0 Å². The number of alkyl halides is 9. The number of allylic oxidation sites excluding steroid dienone is 4. The molecule has 1 rings (SSSR count). The van der Waals surface area contributed by atoms with Crippen LogP contribution in [0.2, 0.25) is 0 Å². The van der Waals surface area contributed by atoms with Crippen LogP contribution in [-0.4, -0.2) is 71.7 Å². The van der Waals surface area contributed by atoms with Gasteiger partial charge in [0.15, 0.2) is 0 Å². The van der Waals surface area contributed by atoms with Crippen LogP contribution in [0.4, 0.5) is 39.5 Å². The summed E-state index contributed by atoms with van der Waals surface area (Å²) in [5.74, 6) is 0. The van der Waals surface area contributed by atoms with Crippen molar-refractivity contribution in [2.75, 3.05) is 42.3 Å². The Hall–Kier alpha value is 0.156. The average Bonchev–Trinajstić information content (AvgIpc) is 2.94. The summed E-state index contributed by atoms with van der Waals surface area (Å²) < 4.78 is 102. The molecule has 0 aromatic heterocycles. The van der Waals surface area contributed by atoms with Crippen molar-refractivity contribution in [2.24, 2.45) is 0 Å². The summed E-state index contributed by atoms with van der Waals surface area (Å²) in [6.07, 6.45) is 10.0. The van der Waals surface area contributed by atoms with E-state index in [9.17, 15) is 39.5 Å². The van der Waals surface area contributed by atoms with Crippen LogP contribution in [-0.2, 0) is 26.2 Å². The van der Waals surface area contributed by atoms with E-state index in [1.54, 1.807) is 42.3 Å². The average molecular weight is 568 g/mol. The van der Waals surface area contributed by atoms with Crippen molar-refractivity contribution in [2.45, 2.75) is 21.4 Å². The van der Waals surface area contributed by atoms with Gasteiger partial charge in [0.1, 0.15) is 0 Å². The summed E-state index contributed by atoms with van der Waals surface area (Å²) in [5, 5.41) is -8.09. The molecule has 0 aliphatic heterocycles. The predicted molar refractivity (Wildman–Crippen MR) is 91.1 cm³/mol. The Labute approximate surface area is 183 Å². The van der Waals surface area contributed by atoms with Crippen molar-refractivity contribution in [3.8, 4) is 0 Å². The standard InChI is InChI=1S/C5H5.C3F9Ge.3C2H6N.Zr/c1-2-4-5-3-1;4-1(5,6)13(2(7,8)9)3(10,11)12;3*1-3-2;/h1-3H,4H2;;3*1-2H3;/q-1;;3*-1;+4. The maximum Gasteiger partial charge on any atom is 4.00 e. The topological polar surface area (TPSA) is 42.3 Å². The first-order valence-corrected chi connectivity index (χ1v) is 10.00. The zero-order valence-electron chi connectivity index (χ0n) is 16.2. The van der Waals surface area contributed by atoms with E-state index in [1.807, 2.05) is 12.2 Å². The number of hydrogen-bond acceptors (Lipinski definition) is 0. The van der Waals surface area contributed by atoms with E-state index >= 15 is 0 Å². The fourth-order valence-electron chi connectivity index (χ4n) is 0.822. The van der Waals surface area contributed by atoms with E-state index in [0.29, 0.717) is 0 Å². The zero-order chi connectivity index (χ0) is 22.7. The van der Waals surface area contributed by atoms with Crippen LogP contribution in [0.3, 0.4) is 0 Å². The molecule has 0 bridgehead atoms. The van der Waals surface area contributed by atoms with E-state index in [-0.39, 0.29) is 26.2 Å². The predicted octanol–water partition coefficient (Wildman–Crippen LogP) is 5.95. The molecule has 0 amide bonds. The molecule has 0 aromatic rings. The molecule has 3 nitrogen and oxygen atoms in total. The summed E-state index contributed by atoms with van der Waals surface area (Å²) in [6, 6.07) is 0. The maximum atomic E-state index is 11.3. The molecular formula is C14H23F9GeN3Zr. The Bertz CT molecular complexity index is 323. The van der Waals surface area contributed by atoms with E-state index in [0.717, 1.165) is 6.42 Å². The van der Waals surface area contributed by atoms with Crippen LogP contribution >= 0.6 is 0 Å². The molecular weight excluding hydrogens is 545 g/mol. The van der Waals surface area contributed by atoms with Gasteiger partial charge in [-0.15, -0.1) is 6.42 Å². The van der Waals surface area contributed by atoms with Crippen LogP contribution in [0.25, 0.3) is 16.0 Å². The molecule has 0 saturated heterocycles. The summed E-state index contributed by atoms with van der Waals surface area (Å²) in [6.45, 7) is 0. The molecule has 0 unspecified atom stereocenters. The Kier molecular flexibility index (Phi) is 30.2.